The van der Waals surface area contributed by atoms with E-state index in [2.05, 4.69) is 6.92 Å². The summed E-state index contributed by atoms with van der Waals surface area (Å²) in [6.45, 7) is 3.33. The van der Waals surface area contributed by atoms with E-state index in [1.807, 2.05) is 0 Å². The molecule has 2 aliphatic rings. The zero-order valence-corrected chi connectivity index (χ0v) is 8.13. The lowest BCUT2D eigenvalue weighted by molar-refractivity contribution is 0.171. The van der Waals surface area contributed by atoms with E-state index in [9.17, 15) is 0 Å². The van der Waals surface area contributed by atoms with Crippen molar-refractivity contribution in [2.75, 3.05) is 6.54 Å². The van der Waals surface area contributed by atoms with Crippen LogP contribution in [0.2, 0.25) is 0 Å². The summed E-state index contributed by atoms with van der Waals surface area (Å²) in [7, 11) is 0. The quantitative estimate of drug-likeness (QED) is 0.671. The molecule has 0 amide bonds. The molecular weight excluding hydrogens is 146 g/mol. The fourth-order valence-electron chi connectivity index (χ4n) is 3.62. The van der Waals surface area contributed by atoms with E-state index in [4.69, 9.17) is 5.73 Å². The molecule has 70 valence electrons. The molecule has 0 saturated heterocycles. The van der Waals surface area contributed by atoms with Gasteiger partial charge in [0, 0.05) is 0 Å². The predicted octanol–water partition coefficient (Wildman–Crippen LogP) is 2.41. The topological polar surface area (TPSA) is 26.0 Å². The lowest BCUT2D eigenvalue weighted by atomic mass is 9.72. The first-order chi connectivity index (χ1) is 5.81. The molecule has 2 saturated carbocycles. The van der Waals surface area contributed by atoms with E-state index >= 15 is 0 Å². The maximum absolute atomic E-state index is 5.65. The Hall–Kier alpha value is -0.0400. The normalized spacial score (nSPS) is 46.5. The molecule has 2 aliphatic carbocycles. The molecule has 0 aliphatic heterocycles. The van der Waals surface area contributed by atoms with Crippen molar-refractivity contribution in [2.24, 2.45) is 29.4 Å². The van der Waals surface area contributed by atoms with Gasteiger partial charge in [0.05, 0.1) is 0 Å². The van der Waals surface area contributed by atoms with Gasteiger partial charge >= 0.3 is 0 Å². The number of fused-ring (bicyclic) bond motifs is 2. The average Bonchev–Trinajstić information content (AvgIpc) is 2.32. The van der Waals surface area contributed by atoms with Crippen LogP contribution in [0.3, 0.4) is 0 Å². The molecule has 2 bridgehead atoms. The van der Waals surface area contributed by atoms with E-state index in [1.54, 1.807) is 0 Å². The smallest absolute Gasteiger partial charge is 0.00744 e. The Morgan fingerprint density at radius 3 is 2.25 bits per heavy atom. The summed E-state index contributed by atoms with van der Waals surface area (Å²) in [6, 6.07) is 0. The lowest BCUT2D eigenvalue weighted by Crippen LogP contribution is -2.26. The maximum atomic E-state index is 5.65. The molecular formula is C11H21N. The zero-order valence-electron chi connectivity index (χ0n) is 8.13. The Kier molecular flexibility index (Phi) is 2.40. The van der Waals surface area contributed by atoms with Gasteiger partial charge in [0.2, 0.25) is 0 Å². The first-order valence-electron chi connectivity index (χ1n) is 5.51. The van der Waals surface area contributed by atoms with E-state index in [1.165, 1.54) is 32.1 Å². The fourth-order valence-corrected chi connectivity index (χ4v) is 3.62. The number of rotatable bonds is 2. The molecule has 2 N–H and O–H groups in total. The number of hydrogen-bond donors (Lipinski definition) is 1. The van der Waals surface area contributed by atoms with Gasteiger partial charge in [0.15, 0.2) is 0 Å². The van der Waals surface area contributed by atoms with Crippen molar-refractivity contribution >= 4 is 0 Å². The van der Waals surface area contributed by atoms with E-state index in [-0.39, 0.29) is 0 Å². The largest absolute Gasteiger partial charge is 0.330 e. The molecule has 2 unspecified atom stereocenters. The van der Waals surface area contributed by atoms with Gasteiger partial charge in [-0.2, -0.15) is 0 Å². The van der Waals surface area contributed by atoms with Crippen molar-refractivity contribution in [3.63, 3.8) is 0 Å². The summed E-state index contributed by atoms with van der Waals surface area (Å²) < 4.78 is 0. The minimum atomic E-state index is 0.909. The molecule has 2 atom stereocenters. The average molecular weight is 167 g/mol. The summed E-state index contributed by atoms with van der Waals surface area (Å²) in [5.74, 6) is 4.09. The van der Waals surface area contributed by atoms with Crippen LogP contribution < -0.4 is 5.73 Å². The predicted molar refractivity (Wildman–Crippen MR) is 51.8 cm³/mol. The molecule has 1 heteroatoms. The highest BCUT2D eigenvalue weighted by atomic mass is 14.6. The first-order valence-corrected chi connectivity index (χ1v) is 5.51. The Bertz CT molecular complexity index is 141. The van der Waals surface area contributed by atoms with Gasteiger partial charge in [0.25, 0.3) is 0 Å². The van der Waals surface area contributed by atoms with Crippen LogP contribution in [0, 0.1) is 23.7 Å². The molecule has 0 aromatic heterocycles. The maximum Gasteiger partial charge on any atom is -0.00744 e. The fraction of sp³-hybridized carbons (Fsp3) is 1.00. The molecule has 2 rings (SSSR count). The van der Waals surface area contributed by atoms with Crippen molar-refractivity contribution in [3.8, 4) is 0 Å². The van der Waals surface area contributed by atoms with Gasteiger partial charge < -0.3 is 5.73 Å². The Labute approximate surface area is 75.7 Å². The van der Waals surface area contributed by atoms with Crippen LogP contribution in [-0.2, 0) is 0 Å². The molecule has 0 radical (unpaired) electrons. The minimum absolute atomic E-state index is 0.909. The van der Waals surface area contributed by atoms with Crippen LogP contribution in [0.4, 0.5) is 0 Å². The molecule has 0 heterocycles. The molecule has 0 aromatic carbocycles. The lowest BCUT2D eigenvalue weighted by Gasteiger charge is -2.33. The van der Waals surface area contributed by atoms with E-state index in [0.29, 0.717) is 0 Å². The second kappa shape index (κ2) is 3.37. The monoisotopic (exact) mass is 167 g/mol. The second-order valence-electron chi connectivity index (χ2n) is 4.92. The van der Waals surface area contributed by atoms with Gasteiger partial charge in [-0.25, -0.2) is 0 Å². The first kappa shape index (κ1) is 8.55. The van der Waals surface area contributed by atoms with Crippen LogP contribution in [0.15, 0.2) is 0 Å². The molecule has 2 fully saturated rings. The Balaban J connectivity index is 1.99. The molecule has 1 nitrogen and oxygen atoms in total. The number of nitrogens with two attached hydrogens (primary N) is 1. The van der Waals surface area contributed by atoms with Crippen molar-refractivity contribution in [3.05, 3.63) is 0 Å². The van der Waals surface area contributed by atoms with Crippen LogP contribution in [-0.4, -0.2) is 6.54 Å². The highest BCUT2D eigenvalue weighted by Crippen LogP contribution is 2.49. The summed E-state index contributed by atoms with van der Waals surface area (Å²) in [6.07, 6.45) is 7.27. The summed E-state index contributed by atoms with van der Waals surface area (Å²) in [4.78, 5) is 0. The van der Waals surface area contributed by atoms with Gasteiger partial charge in [-0.3, -0.25) is 0 Å². The van der Waals surface area contributed by atoms with Gasteiger partial charge in [-0.05, 0) is 62.3 Å². The van der Waals surface area contributed by atoms with Crippen LogP contribution in [0.25, 0.3) is 0 Å². The summed E-state index contributed by atoms with van der Waals surface area (Å²) in [5.41, 5.74) is 5.65. The van der Waals surface area contributed by atoms with Crippen LogP contribution in [0.1, 0.15) is 39.0 Å². The number of hydrogen-bond acceptors (Lipinski definition) is 1. The Morgan fingerprint density at radius 1 is 1.17 bits per heavy atom. The van der Waals surface area contributed by atoms with Gasteiger partial charge in [-0.15, -0.1) is 0 Å². The molecule has 12 heavy (non-hydrogen) atoms. The highest BCUT2D eigenvalue weighted by molar-refractivity contribution is 4.90. The highest BCUT2D eigenvalue weighted by Gasteiger charge is 2.40. The van der Waals surface area contributed by atoms with Crippen LogP contribution >= 0.6 is 0 Å². The van der Waals surface area contributed by atoms with E-state index < -0.39 is 0 Å². The van der Waals surface area contributed by atoms with Crippen molar-refractivity contribution in [1.82, 2.24) is 0 Å². The van der Waals surface area contributed by atoms with Crippen molar-refractivity contribution < 1.29 is 0 Å². The second-order valence-corrected chi connectivity index (χ2v) is 4.92. The van der Waals surface area contributed by atoms with Crippen molar-refractivity contribution in [1.29, 1.82) is 0 Å². The minimum Gasteiger partial charge on any atom is -0.330 e. The third-order valence-corrected chi connectivity index (χ3v) is 4.03. The standard InChI is InChI=1S/C11H21N/c1-8-6-9-2-3-10(7-8)11(9)4-5-12/h8-11H,2-7,12H2,1H3. The third-order valence-electron chi connectivity index (χ3n) is 4.03. The summed E-state index contributed by atoms with van der Waals surface area (Å²) in [5, 5.41) is 0. The SMILES string of the molecule is CC1CC2CCC(C1)C2CCN. The van der Waals surface area contributed by atoms with Crippen molar-refractivity contribution in [2.45, 2.75) is 39.0 Å². The summed E-state index contributed by atoms with van der Waals surface area (Å²) >= 11 is 0. The van der Waals surface area contributed by atoms with Gasteiger partial charge in [-0.1, -0.05) is 6.92 Å². The van der Waals surface area contributed by atoms with Crippen LogP contribution in [0.5, 0.6) is 0 Å². The third kappa shape index (κ3) is 1.39. The Morgan fingerprint density at radius 2 is 1.75 bits per heavy atom. The molecule has 0 aromatic rings. The van der Waals surface area contributed by atoms with E-state index in [0.717, 1.165) is 30.2 Å². The zero-order chi connectivity index (χ0) is 8.55. The molecule has 0 spiro atoms. The van der Waals surface area contributed by atoms with Gasteiger partial charge in [0.1, 0.15) is 0 Å².